The summed E-state index contributed by atoms with van der Waals surface area (Å²) in [4.78, 5) is 0. The molecule has 0 spiro atoms. The summed E-state index contributed by atoms with van der Waals surface area (Å²) in [6.07, 6.45) is 0. The Kier molecular flexibility index (Phi) is 42.3. The Hall–Kier alpha value is 1.22. The first-order valence-electron chi connectivity index (χ1n) is 0.667. The quantitative estimate of drug-likeness (QED) is 0.414. The van der Waals surface area contributed by atoms with Crippen LogP contribution in [0.3, 0.4) is 0 Å². The predicted octanol–water partition coefficient (Wildman–Crippen LogP) is -4.27. The Bertz CT molecular complexity index is 94.2. The van der Waals surface area contributed by atoms with Crippen molar-refractivity contribution in [3.05, 3.63) is 0 Å². The maximum atomic E-state index is 8.59. The van der Waals surface area contributed by atoms with Gasteiger partial charge in [-0.05, 0) is 0 Å². The van der Waals surface area contributed by atoms with Gasteiger partial charge in [-0.1, -0.05) is 0 Å². The second-order valence-corrected chi connectivity index (χ2v) is 1.68. The van der Waals surface area contributed by atoms with Crippen molar-refractivity contribution in [1.29, 1.82) is 0 Å². The van der Waals surface area contributed by atoms with Crippen LogP contribution in [0, 0.1) is 0 Å². The molecule has 0 aromatic heterocycles. The van der Waals surface area contributed by atoms with Crippen LogP contribution in [0.5, 0.6) is 0 Å². The molecule has 0 bridgehead atoms. The van der Waals surface area contributed by atoms with E-state index in [0.29, 0.717) is 0 Å². The van der Waals surface area contributed by atoms with E-state index < -0.39 is 13.6 Å². The molecule has 0 unspecified atom stereocenters. The van der Waals surface area contributed by atoms with Crippen molar-refractivity contribution in [2.75, 3.05) is 0 Å². The van der Waals surface area contributed by atoms with Crippen LogP contribution < -0.4 is 8.32 Å². The van der Waals surface area contributed by atoms with Gasteiger partial charge in [0.15, 0.2) is 0 Å². The minimum absolute atomic E-state index is 0. The number of hydrogen-bond acceptors (Lipinski definition) is 4. The molecule has 0 amide bonds. The smallest absolute Gasteiger partial charge is 0 e. The molecule has 6 nitrogen and oxygen atoms in total. The summed E-state index contributed by atoms with van der Waals surface area (Å²) in [5, 5.41) is 0. The van der Waals surface area contributed by atoms with E-state index >= 15 is 0 Å². The van der Waals surface area contributed by atoms with Crippen molar-refractivity contribution in [2.24, 2.45) is 0 Å². The van der Waals surface area contributed by atoms with Crippen molar-refractivity contribution in [2.45, 2.75) is 0 Å². The molecule has 9 heavy (non-hydrogen) atoms. The zero-order chi connectivity index (χ0) is 4.50. The van der Waals surface area contributed by atoms with E-state index in [4.69, 9.17) is 15.9 Å². The maximum Gasteiger partial charge on any atom is 2.00 e. The standard InChI is InChI=1S/Cr.2H2O.4O.2Zn/h;2*1H2;;;;;;/q;;;;;2*-1;;+2. The normalized spacial score (nSPS) is 6.44. The van der Waals surface area contributed by atoms with Crippen molar-refractivity contribution < 1.29 is 79.4 Å². The maximum absolute atomic E-state index is 8.59. The van der Waals surface area contributed by atoms with Gasteiger partial charge >= 0.3 is 49.0 Å². The summed E-state index contributed by atoms with van der Waals surface area (Å²) in [5.74, 6) is 0. The van der Waals surface area contributed by atoms with Gasteiger partial charge in [0.25, 0.3) is 0 Å². The fraction of sp³-hybridized carbons (Fsp3) is 0. The molecule has 0 aromatic carbocycles. The molecule has 0 radical (unpaired) electrons. The summed E-state index contributed by atoms with van der Waals surface area (Å²) in [6.45, 7) is 0. The van der Waals surface area contributed by atoms with Crippen LogP contribution in [0.25, 0.3) is 0 Å². The minimum Gasteiger partial charge on any atom is 0 e. The van der Waals surface area contributed by atoms with Gasteiger partial charge in [0, 0.05) is 19.5 Å². The van der Waals surface area contributed by atoms with Gasteiger partial charge in [-0.2, -0.15) is 0 Å². The SMILES string of the molecule is O.O.[O]=[Cr](=[O])([O-])[O-].[Zn+2].[Zn]. The van der Waals surface area contributed by atoms with Gasteiger partial charge in [-0.25, -0.2) is 0 Å². The van der Waals surface area contributed by atoms with E-state index in [1.165, 1.54) is 0 Å². The Labute approximate surface area is 79.2 Å². The van der Waals surface area contributed by atoms with E-state index in [9.17, 15) is 0 Å². The number of rotatable bonds is 0. The molecule has 0 heterocycles. The summed E-state index contributed by atoms with van der Waals surface area (Å²) in [7, 11) is 0. The molecule has 0 aliphatic carbocycles. The predicted molar refractivity (Wildman–Crippen MR) is 8.60 cm³/mol. The summed E-state index contributed by atoms with van der Waals surface area (Å²) in [5.41, 5.74) is 0. The molecule has 0 rings (SSSR count). The van der Waals surface area contributed by atoms with E-state index in [1.54, 1.807) is 0 Å². The Balaban J connectivity index is -0.0000000133. The zero-order valence-electron chi connectivity index (χ0n) is 4.46. The average molecular weight is 283 g/mol. The van der Waals surface area contributed by atoms with E-state index in [1.807, 2.05) is 0 Å². The van der Waals surface area contributed by atoms with Gasteiger partial charge in [0.05, 0.1) is 0 Å². The first-order chi connectivity index (χ1) is 2.00. The molecule has 9 heteroatoms. The fourth-order valence-electron chi connectivity index (χ4n) is 0. The average Bonchev–Trinajstić information content (AvgIpc) is 0.722. The van der Waals surface area contributed by atoms with Crippen molar-refractivity contribution in [3.8, 4) is 0 Å². The first-order valence-corrected chi connectivity index (χ1v) is 2.75. The molecule has 0 aromatic rings. The molecule has 4 N–H and O–H groups in total. The second kappa shape index (κ2) is 12.0. The molecule has 0 aliphatic heterocycles. The van der Waals surface area contributed by atoms with Crippen molar-refractivity contribution >= 4 is 0 Å². The molecular formula is H4CrO6Zn2. The van der Waals surface area contributed by atoms with Gasteiger partial charge < -0.3 is 11.0 Å². The van der Waals surface area contributed by atoms with Gasteiger partial charge in [-0.3, -0.25) is 0 Å². The number of hydrogen-bond donors (Lipinski definition) is 0. The third-order valence-corrected chi connectivity index (χ3v) is 0. The third kappa shape index (κ3) is 323. The Morgan fingerprint density at radius 1 is 1.00 bits per heavy atom. The molecule has 0 atom stereocenters. The molecule has 0 aliphatic rings. The minimum atomic E-state index is -5.75. The summed E-state index contributed by atoms with van der Waals surface area (Å²) in [6, 6.07) is 0. The van der Waals surface area contributed by atoms with Gasteiger partial charge in [0.2, 0.25) is 0 Å². The molecule has 0 saturated heterocycles. The summed E-state index contributed by atoms with van der Waals surface area (Å²) >= 11 is -5.75. The second-order valence-electron chi connectivity index (χ2n) is 0.408. The van der Waals surface area contributed by atoms with Crippen LogP contribution in [0.4, 0.5) is 0 Å². The van der Waals surface area contributed by atoms with Gasteiger partial charge in [0.1, 0.15) is 0 Å². The Morgan fingerprint density at radius 3 is 1.00 bits per heavy atom. The molecule has 50 valence electrons. The Morgan fingerprint density at radius 2 is 1.00 bits per heavy atom. The summed E-state index contributed by atoms with van der Waals surface area (Å²) < 4.78 is 34.4. The fourth-order valence-corrected chi connectivity index (χ4v) is 0. The van der Waals surface area contributed by atoms with Crippen LogP contribution in [-0.4, -0.2) is 11.0 Å². The van der Waals surface area contributed by atoms with Gasteiger partial charge in [-0.15, -0.1) is 0 Å². The molecular weight excluding hydrogens is 279 g/mol. The monoisotopic (exact) mass is 280 g/mol. The topological polar surface area (TPSA) is 143 Å². The van der Waals surface area contributed by atoms with Crippen LogP contribution in [0.1, 0.15) is 0 Å². The molecule has 0 saturated carbocycles. The zero-order valence-corrected chi connectivity index (χ0v) is 11.7. The van der Waals surface area contributed by atoms with Crippen molar-refractivity contribution in [1.82, 2.24) is 0 Å². The first kappa shape index (κ1) is 31.9. The van der Waals surface area contributed by atoms with E-state index in [2.05, 4.69) is 0 Å². The van der Waals surface area contributed by atoms with Crippen molar-refractivity contribution in [3.63, 3.8) is 0 Å². The van der Waals surface area contributed by atoms with Crippen LogP contribution in [0.15, 0.2) is 0 Å². The van der Waals surface area contributed by atoms with Crippen LogP contribution in [-0.2, 0) is 60.2 Å². The van der Waals surface area contributed by atoms with E-state index in [-0.39, 0.29) is 49.9 Å². The van der Waals surface area contributed by atoms with Crippen LogP contribution >= 0.6 is 0 Å². The van der Waals surface area contributed by atoms with E-state index in [0.717, 1.165) is 0 Å². The third-order valence-electron chi connectivity index (χ3n) is 0. The molecule has 0 fully saturated rings. The van der Waals surface area contributed by atoms with Crippen LogP contribution in [0.2, 0.25) is 0 Å². The largest absolute Gasteiger partial charge is 2.00 e.